The van der Waals surface area contributed by atoms with Gasteiger partial charge in [0.1, 0.15) is 0 Å². The number of aromatic nitrogens is 1. The average molecular weight is 361 g/mol. The van der Waals surface area contributed by atoms with Crippen molar-refractivity contribution in [1.82, 2.24) is 14.8 Å². The number of morpholine rings is 1. The maximum Gasteiger partial charge on any atom is 0.180 e. The molecule has 2 aliphatic rings. The summed E-state index contributed by atoms with van der Waals surface area (Å²) >= 11 is 1.61. The van der Waals surface area contributed by atoms with Crippen LogP contribution in [-0.2, 0) is 11.3 Å². The number of nitrogen functional groups attached to an aromatic ring is 1. The van der Waals surface area contributed by atoms with Gasteiger partial charge < -0.3 is 10.5 Å². The molecule has 2 saturated heterocycles. The largest absolute Gasteiger partial charge is 0.375 e. The molecular formula is C16H29ClN4OS. The Bertz CT molecular complexity index is 468. The Labute approximate surface area is 149 Å². The van der Waals surface area contributed by atoms with Crippen molar-refractivity contribution >= 4 is 28.9 Å². The minimum atomic E-state index is 0. The van der Waals surface area contributed by atoms with Gasteiger partial charge in [-0.2, -0.15) is 0 Å². The second kappa shape index (κ2) is 8.62. The van der Waals surface area contributed by atoms with Crippen LogP contribution < -0.4 is 5.73 Å². The summed E-state index contributed by atoms with van der Waals surface area (Å²) < 4.78 is 5.83. The van der Waals surface area contributed by atoms with Crippen LogP contribution in [0.4, 0.5) is 5.13 Å². The van der Waals surface area contributed by atoms with Crippen molar-refractivity contribution in [2.75, 3.05) is 38.5 Å². The standard InChI is InChI=1S/C16H28N4OS.ClH/c1-12-8-20(9-13(2)21-12)10-14-3-5-19(6-4-14)11-15-7-18-16(17)22-15;/h7,12-14H,3-6,8-11H2,1-2H3,(H2,17,18);1H. The summed E-state index contributed by atoms with van der Waals surface area (Å²) in [6.07, 6.45) is 5.27. The smallest absolute Gasteiger partial charge is 0.180 e. The molecule has 1 aromatic heterocycles. The van der Waals surface area contributed by atoms with E-state index in [1.54, 1.807) is 11.3 Å². The third-order valence-corrected chi connectivity index (χ3v) is 5.48. The zero-order valence-corrected chi connectivity index (χ0v) is 15.7. The summed E-state index contributed by atoms with van der Waals surface area (Å²) in [5.74, 6) is 0.834. The zero-order chi connectivity index (χ0) is 15.5. The molecule has 5 nitrogen and oxygen atoms in total. The van der Waals surface area contributed by atoms with Gasteiger partial charge in [-0.15, -0.1) is 23.7 Å². The van der Waals surface area contributed by atoms with Crippen molar-refractivity contribution in [3.05, 3.63) is 11.1 Å². The molecular weight excluding hydrogens is 332 g/mol. The van der Waals surface area contributed by atoms with Crippen LogP contribution in [0.3, 0.4) is 0 Å². The van der Waals surface area contributed by atoms with E-state index in [2.05, 4.69) is 28.6 Å². The van der Waals surface area contributed by atoms with Crippen LogP contribution >= 0.6 is 23.7 Å². The highest BCUT2D eigenvalue weighted by molar-refractivity contribution is 7.15. The predicted molar refractivity (Wildman–Crippen MR) is 98.2 cm³/mol. The van der Waals surface area contributed by atoms with Gasteiger partial charge in [-0.25, -0.2) is 4.98 Å². The maximum atomic E-state index is 5.83. The molecule has 2 aliphatic heterocycles. The number of likely N-dealkylation sites (tertiary alicyclic amines) is 1. The minimum absolute atomic E-state index is 0. The minimum Gasteiger partial charge on any atom is -0.375 e. The second-order valence-electron chi connectivity index (χ2n) is 6.86. The van der Waals surface area contributed by atoms with Crippen molar-refractivity contribution in [1.29, 1.82) is 0 Å². The third kappa shape index (κ3) is 5.57. The van der Waals surface area contributed by atoms with Crippen molar-refractivity contribution in [3.8, 4) is 0 Å². The van der Waals surface area contributed by atoms with E-state index in [-0.39, 0.29) is 12.4 Å². The predicted octanol–water partition coefficient (Wildman–Crippen LogP) is 2.47. The molecule has 2 N–H and O–H groups in total. The van der Waals surface area contributed by atoms with Gasteiger partial charge in [0, 0.05) is 37.3 Å². The molecule has 0 amide bonds. The lowest BCUT2D eigenvalue weighted by molar-refractivity contribution is -0.0732. The van der Waals surface area contributed by atoms with E-state index in [9.17, 15) is 0 Å². The number of anilines is 1. The quantitative estimate of drug-likeness (QED) is 0.893. The molecule has 23 heavy (non-hydrogen) atoms. The second-order valence-corrected chi connectivity index (χ2v) is 8.01. The van der Waals surface area contributed by atoms with Crippen LogP contribution in [0.5, 0.6) is 0 Å². The number of rotatable bonds is 4. The molecule has 0 radical (unpaired) electrons. The normalized spacial score (nSPS) is 27.7. The first-order valence-corrected chi connectivity index (χ1v) is 9.20. The molecule has 3 rings (SSSR count). The highest BCUT2D eigenvalue weighted by Crippen LogP contribution is 2.23. The van der Waals surface area contributed by atoms with Crippen molar-refractivity contribution in [2.45, 2.75) is 45.4 Å². The number of thiazole rings is 1. The Kier molecular flexibility index (Phi) is 7.10. The number of hydrogen-bond acceptors (Lipinski definition) is 6. The highest BCUT2D eigenvalue weighted by Gasteiger charge is 2.26. The van der Waals surface area contributed by atoms with Crippen molar-refractivity contribution < 1.29 is 4.74 Å². The molecule has 2 unspecified atom stereocenters. The Morgan fingerprint density at radius 3 is 2.43 bits per heavy atom. The fourth-order valence-electron chi connectivity index (χ4n) is 3.74. The molecule has 2 fully saturated rings. The molecule has 7 heteroatoms. The summed E-state index contributed by atoms with van der Waals surface area (Å²) in [4.78, 5) is 10.6. The maximum absolute atomic E-state index is 5.83. The van der Waals surface area contributed by atoms with Gasteiger partial charge in [0.05, 0.1) is 12.2 Å². The van der Waals surface area contributed by atoms with Crippen LogP contribution in [-0.4, -0.2) is 59.7 Å². The Balaban J connectivity index is 0.00000192. The lowest BCUT2D eigenvalue weighted by Gasteiger charge is -2.39. The van der Waals surface area contributed by atoms with Crippen LogP contribution in [0.15, 0.2) is 6.20 Å². The molecule has 0 spiro atoms. The highest BCUT2D eigenvalue weighted by atomic mass is 35.5. The Morgan fingerprint density at radius 2 is 1.87 bits per heavy atom. The topological polar surface area (TPSA) is 54.6 Å². The number of piperidine rings is 1. The van der Waals surface area contributed by atoms with Gasteiger partial charge in [-0.05, 0) is 45.7 Å². The van der Waals surface area contributed by atoms with Gasteiger partial charge in [0.15, 0.2) is 5.13 Å². The van der Waals surface area contributed by atoms with Crippen LogP contribution in [0.2, 0.25) is 0 Å². The number of nitrogens with zero attached hydrogens (tertiary/aromatic N) is 3. The van der Waals surface area contributed by atoms with Crippen LogP contribution in [0.25, 0.3) is 0 Å². The third-order valence-electron chi connectivity index (χ3n) is 4.67. The molecule has 0 aromatic carbocycles. The van der Waals surface area contributed by atoms with E-state index in [0.717, 1.165) is 25.6 Å². The van der Waals surface area contributed by atoms with Gasteiger partial charge in [0.25, 0.3) is 0 Å². The van der Waals surface area contributed by atoms with E-state index < -0.39 is 0 Å². The van der Waals surface area contributed by atoms with E-state index in [1.807, 2.05) is 6.20 Å². The van der Waals surface area contributed by atoms with E-state index in [0.29, 0.717) is 17.3 Å². The molecule has 3 heterocycles. The first kappa shape index (κ1) is 18.9. The molecule has 0 saturated carbocycles. The number of nitrogens with two attached hydrogens (primary N) is 1. The Hall–Kier alpha value is -0.400. The van der Waals surface area contributed by atoms with E-state index >= 15 is 0 Å². The first-order valence-electron chi connectivity index (χ1n) is 8.39. The lowest BCUT2D eigenvalue weighted by atomic mass is 9.95. The molecule has 0 bridgehead atoms. The Morgan fingerprint density at radius 1 is 1.22 bits per heavy atom. The molecule has 132 valence electrons. The van der Waals surface area contributed by atoms with Crippen molar-refractivity contribution in [2.24, 2.45) is 5.92 Å². The average Bonchev–Trinajstić information content (AvgIpc) is 2.85. The molecule has 0 aliphatic carbocycles. The fourth-order valence-corrected chi connectivity index (χ4v) is 4.47. The van der Waals surface area contributed by atoms with E-state index in [1.165, 1.54) is 37.4 Å². The van der Waals surface area contributed by atoms with Gasteiger partial charge >= 0.3 is 0 Å². The van der Waals surface area contributed by atoms with Crippen LogP contribution in [0, 0.1) is 5.92 Å². The zero-order valence-electron chi connectivity index (χ0n) is 14.1. The summed E-state index contributed by atoms with van der Waals surface area (Å²) in [5.41, 5.74) is 5.71. The number of hydrogen-bond donors (Lipinski definition) is 1. The number of halogens is 1. The molecule has 1 aromatic rings. The first-order chi connectivity index (χ1) is 10.6. The lowest BCUT2D eigenvalue weighted by Crippen LogP contribution is -2.48. The number of ether oxygens (including phenoxy) is 1. The summed E-state index contributed by atoms with van der Waals surface area (Å²) in [6, 6.07) is 0. The van der Waals surface area contributed by atoms with Gasteiger partial charge in [-0.3, -0.25) is 9.80 Å². The van der Waals surface area contributed by atoms with Gasteiger partial charge in [0.2, 0.25) is 0 Å². The summed E-state index contributed by atoms with van der Waals surface area (Å²) in [7, 11) is 0. The monoisotopic (exact) mass is 360 g/mol. The van der Waals surface area contributed by atoms with Crippen LogP contribution in [0.1, 0.15) is 31.6 Å². The van der Waals surface area contributed by atoms with Crippen molar-refractivity contribution in [3.63, 3.8) is 0 Å². The SMILES string of the molecule is CC1CN(CC2CCN(Cc3cnc(N)s3)CC2)CC(C)O1.Cl. The summed E-state index contributed by atoms with van der Waals surface area (Å²) in [6.45, 7) is 11.2. The van der Waals surface area contributed by atoms with E-state index in [4.69, 9.17) is 10.5 Å². The molecule has 2 atom stereocenters. The van der Waals surface area contributed by atoms with Gasteiger partial charge in [-0.1, -0.05) is 0 Å². The summed E-state index contributed by atoms with van der Waals surface area (Å²) in [5, 5.41) is 0.681. The fraction of sp³-hybridized carbons (Fsp3) is 0.812.